The summed E-state index contributed by atoms with van der Waals surface area (Å²) in [5.74, 6) is 0. The molecule has 2 heterocycles. The molecule has 0 saturated heterocycles. The minimum Gasteiger partial charge on any atom is -0.440 e. The van der Waals surface area contributed by atoms with Gasteiger partial charge in [-0.15, -0.1) is 0 Å². The van der Waals surface area contributed by atoms with Crippen LogP contribution in [0.1, 0.15) is 5.56 Å². The lowest BCUT2D eigenvalue weighted by atomic mass is 10.4. The summed E-state index contributed by atoms with van der Waals surface area (Å²) in [6.45, 7) is 1.90. The van der Waals surface area contributed by atoms with Crippen LogP contribution in [-0.2, 0) is 0 Å². The van der Waals surface area contributed by atoms with E-state index in [1.807, 2.05) is 6.92 Å². The highest BCUT2D eigenvalue weighted by Gasteiger charge is 2.07. The molecule has 0 fully saturated rings. The second kappa shape index (κ2) is 3.98. The summed E-state index contributed by atoms with van der Waals surface area (Å²) in [4.78, 5) is 11.9. The van der Waals surface area contributed by atoms with Crippen molar-refractivity contribution in [1.29, 1.82) is 0 Å². The van der Waals surface area contributed by atoms with Crippen molar-refractivity contribution < 1.29 is 4.42 Å². The maximum Gasteiger partial charge on any atom is 0.261 e. The third kappa shape index (κ3) is 2.05. The lowest BCUT2D eigenvalue weighted by Gasteiger charge is -2.00. The smallest absolute Gasteiger partial charge is 0.261 e. The van der Waals surface area contributed by atoms with Gasteiger partial charge in [-0.05, 0) is 30.3 Å². The Morgan fingerprint density at radius 3 is 3.00 bits per heavy atom. The van der Waals surface area contributed by atoms with Gasteiger partial charge >= 0.3 is 0 Å². The van der Waals surface area contributed by atoms with Crippen molar-refractivity contribution >= 4 is 23.4 Å². The highest BCUT2D eigenvalue weighted by atomic mass is 35.5. The van der Waals surface area contributed by atoms with Crippen molar-refractivity contribution in [3.63, 3.8) is 0 Å². The van der Waals surface area contributed by atoms with Gasteiger partial charge in [0.2, 0.25) is 5.28 Å². The molecule has 14 heavy (non-hydrogen) atoms. The molecular formula is C8H6ClN3OS. The van der Waals surface area contributed by atoms with E-state index in [0.29, 0.717) is 5.22 Å². The highest BCUT2D eigenvalue weighted by Crippen LogP contribution is 2.27. The van der Waals surface area contributed by atoms with Crippen LogP contribution >= 0.6 is 23.4 Å². The van der Waals surface area contributed by atoms with Gasteiger partial charge in [0.1, 0.15) is 11.3 Å². The molecule has 0 aliphatic carbocycles. The molecule has 0 aliphatic heterocycles. The van der Waals surface area contributed by atoms with Crippen LogP contribution < -0.4 is 0 Å². The molecule has 0 radical (unpaired) electrons. The van der Waals surface area contributed by atoms with Crippen molar-refractivity contribution in [2.45, 2.75) is 17.2 Å². The van der Waals surface area contributed by atoms with Crippen molar-refractivity contribution in [2.24, 2.45) is 0 Å². The lowest BCUT2D eigenvalue weighted by molar-refractivity contribution is 0.454. The predicted molar refractivity (Wildman–Crippen MR) is 52.4 cm³/mol. The van der Waals surface area contributed by atoms with E-state index < -0.39 is 0 Å². The van der Waals surface area contributed by atoms with Gasteiger partial charge in [-0.2, -0.15) is 0 Å². The van der Waals surface area contributed by atoms with Crippen LogP contribution in [0.4, 0.5) is 0 Å². The predicted octanol–water partition coefficient (Wildman–Crippen LogP) is 2.58. The summed E-state index contributed by atoms with van der Waals surface area (Å²) in [7, 11) is 0. The van der Waals surface area contributed by atoms with Crippen LogP contribution in [0.2, 0.25) is 5.28 Å². The van der Waals surface area contributed by atoms with E-state index in [1.165, 1.54) is 18.0 Å². The molecule has 0 aromatic carbocycles. The first kappa shape index (κ1) is 9.48. The summed E-state index contributed by atoms with van der Waals surface area (Å²) >= 11 is 6.99. The Morgan fingerprint density at radius 1 is 1.43 bits per heavy atom. The van der Waals surface area contributed by atoms with E-state index in [4.69, 9.17) is 16.0 Å². The quantitative estimate of drug-likeness (QED) is 0.583. The lowest BCUT2D eigenvalue weighted by Crippen LogP contribution is -1.89. The fraction of sp³-hybridized carbons (Fsp3) is 0.125. The van der Waals surface area contributed by atoms with Crippen LogP contribution in [0.3, 0.4) is 0 Å². The van der Waals surface area contributed by atoms with Crippen molar-refractivity contribution in [2.75, 3.05) is 0 Å². The number of nitrogens with zero attached hydrogens (tertiary/aromatic N) is 3. The fourth-order valence-corrected chi connectivity index (χ4v) is 1.76. The topological polar surface area (TPSA) is 51.8 Å². The van der Waals surface area contributed by atoms with Gasteiger partial charge in [0.05, 0.1) is 6.20 Å². The molecule has 0 spiro atoms. The molecule has 0 saturated carbocycles. The van der Waals surface area contributed by atoms with E-state index in [9.17, 15) is 0 Å². The highest BCUT2D eigenvalue weighted by molar-refractivity contribution is 7.99. The molecule has 2 rings (SSSR count). The number of halogens is 1. The third-order valence-electron chi connectivity index (χ3n) is 1.49. The molecule has 2 aromatic heterocycles. The van der Waals surface area contributed by atoms with Gasteiger partial charge in [0, 0.05) is 11.8 Å². The molecule has 0 unspecified atom stereocenters. The maximum absolute atomic E-state index is 5.67. The Hall–Kier alpha value is -1.07. The summed E-state index contributed by atoms with van der Waals surface area (Å²) in [6.07, 6.45) is 4.77. The molecule has 0 atom stereocenters. The monoisotopic (exact) mass is 227 g/mol. The van der Waals surface area contributed by atoms with E-state index >= 15 is 0 Å². The third-order valence-corrected chi connectivity index (χ3v) is 2.65. The Kier molecular flexibility index (Phi) is 2.69. The number of aromatic nitrogens is 3. The van der Waals surface area contributed by atoms with Crippen molar-refractivity contribution in [3.8, 4) is 0 Å². The molecule has 0 bridgehead atoms. The number of aryl methyl sites for hydroxylation is 1. The van der Waals surface area contributed by atoms with Crippen molar-refractivity contribution in [1.82, 2.24) is 15.0 Å². The van der Waals surface area contributed by atoms with E-state index in [-0.39, 0.29) is 5.28 Å². The molecule has 0 amide bonds. The molecule has 2 aromatic rings. The SMILES string of the molecule is Cc1cnc(Cl)nc1Sc1ncco1. The molecule has 0 aliphatic rings. The zero-order valence-corrected chi connectivity index (χ0v) is 8.84. The molecule has 0 N–H and O–H groups in total. The molecule has 4 nitrogen and oxygen atoms in total. The Balaban J connectivity index is 2.28. The van der Waals surface area contributed by atoms with Crippen LogP contribution in [0, 0.1) is 6.92 Å². The van der Waals surface area contributed by atoms with E-state index in [2.05, 4.69) is 15.0 Å². The first-order valence-corrected chi connectivity index (χ1v) is 5.01. The van der Waals surface area contributed by atoms with Gasteiger partial charge in [-0.25, -0.2) is 15.0 Å². The standard InChI is InChI=1S/C8H6ClN3OS/c1-5-4-11-7(9)12-6(5)14-8-10-2-3-13-8/h2-4H,1H3. The average Bonchev–Trinajstić information content (AvgIpc) is 2.64. The summed E-state index contributed by atoms with van der Waals surface area (Å²) in [5, 5.41) is 1.53. The summed E-state index contributed by atoms with van der Waals surface area (Å²) < 4.78 is 5.08. The van der Waals surface area contributed by atoms with Crippen LogP contribution in [0.15, 0.2) is 33.3 Å². The Morgan fingerprint density at radius 2 is 2.29 bits per heavy atom. The summed E-state index contributed by atoms with van der Waals surface area (Å²) in [6, 6.07) is 0. The van der Waals surface area contributed by atoms with Gasteiger partial charge in [0.15, 0.2) is 0 Å². The van der Waals surface area contributed by atoms with Crippen LogP contribution in [-0.4, -0.2) is 15.0 Å². The number of hydrogen-bond donors (Lipinski definition) is 0. The molecule has 6 heteroatoms. The minimum atomic E-state index is 0.227. The van der Waals surface area contributed by atoms with Gasteiger partial charge in [-0.1, -0.05) is 0 Å². The molecular weight excluding hydrogens is 222 g/mol. The van der Waals surface area contributed by atoms with E-state index in [1.54, 1.807) is 12.4 Å². The fourth-order valence-electron chi connectivity index (χ4n) is 0.853. The number of oxazole rings is 1. The van der Waals surface area contributed by atoms with Gasteiger partial charge in [-0.3, -0.25) is 0 Å². The van der Waals surface area contributed by atoms with Crippen molar-refractivity contribution in [3.05, 3.63) is 29.5 Å². The first-order valence-electron chi connectivity index (χ1n) is 3.82. The van der Waals surface area contributed by atoms with E-state index in [0.717, 1.165) is 10.6 Å². The summed E-state index contributed by atoms with van der Waals surface area (Å²) in [5.41, 5.74) is 0.942. The second-order valence-corrected chi connectivity index (χ2v) is 3.81. The zero-order valence-electron chi connectivity index (χ0n) is 7.27. The number of hydrogen-bond acceptors (Lipinski definition) is 5. The minimum absolute atomic E-state index is 0.227. The second-order valence-electron chi connectivity index (χ2n) is 2.53. The van der Waals surface area contributed by atoms with Gasteiger partial charge in [0.25, 0.3) is 5.22 Å². The van der Waals surface area contributed by atoms with Crippen LogP contribution in [0.25, 0.3) is 0 Å². The average molecular weight is 228 g/mol. The molecule has 72 valence electrons. The van der Waals surface area contributed by atoms with Gasteiger partial charge < -0.3 is 4.42 Å². The Bertz CT molecular complexity index is 432. The zero-order chi connectivity index (χ0) is 9.97. The normalized spacial score (nSPS) is 10.4. The Labute approximate surface area is 89.7 Å². The first-order chi connectivity index (χ1) is 6.75. The van der Waals surface area contributed by atoms with Crippen LogP contribution in [0.5, 0.6) is 0 Å². The number of rotatable bonds is 2. The largest absolute Gasteiger partial charge is 0.440 e. The maximum atomic E-state index is 5.67.